The minimum absolute atomic E-state index is 1.04. The first-order valence-electron chi connectivity index (χ1n) is 5.29. The molecule has 0 aromatic rings. The summed E-state index contributed by atoms with van der Waals surface area (Å²) in [7, 11) is -1.04. The van der Waals surface area contributed by atoms with E-state index in [1.807, 2.05) is 0 Å². The van der Waals surface area contributed by atoms with Gasteiger partial charge in [-0.05, 0) is 6.92 Å². The van der Waals surface area contributed by atoms with Crippen molar-refractivity contribution in [3.63, 3.8) is 0 Å². The number of hydrogen-bond acceptors (Lipinski definition) is 0. The minimum Gasteiger partial charge on any atom is -0.104 e. The van der Waals surface area contributed by atoms with E-state index in [1.54, 1.807) is 0 Å². The summed E-state index contributed by atoms with van der Waals surface area (Å²) in [6, 6.07) is 4.30. The summed E-state index contributed by atoms with van der Waals surface area (Å²) < 4.78 is 0. The third-order valence-corrected chi connectivity index (χ3v) is 9.12. The first-order valence-corrected chi connectivity index (χ1v) is 7.91. The van der Waals surface area contributed by atoms with Crippen LogP contribution in [0.15, 0.2) is 11.8 Å². The molecule has 0 amide bonds. The number of hydrogen-bond donors (Lipinski definition) is 0. The van der Waals surface area contributed by atoms with Gasteiger partial charge in [0.05, 0.1) is 8.07 Å². The van der Waals surface area contributed by atoms with E-state index >= 15 is 0 Å². The van der Waals surface area contributed by atoms with Crippen LogP contribution in [-0.2, 0) is 0 Å². The van der Waals surface area contributed by atoms with Gasteiger partial charge in [-0.2, -0.15) is 0 Å². The Hall–Kier alpha value is -0.0431. The van der Waals surface area contributed by atoms with Crippen molar-refractivity contribution in [1.82, 2.24) is 0 Å². The van der Waals surface area contributed by atoms with Crippen LogP contribution in [0.2, 0.25) is 18.1 Å². The average Bonchev–Trinajstić information content (AvgIpc) is 2.03. The Balaban J connectivity index is 4.39. The molecule has 72 valence electrons. The van der Waals surface area contributed by atoms with Crippen LogP contribution in [0.5, 0.6) is 0 Å². The summed E-state index contributed by atoms with van der Waals surface area (Å²) in [5.41, 5.74) is 0. The lowest BCUT2D eigenvalue weighted by molar-refractivity contribution is 0.963. The molecule has 0 aliphatic rings. The molecular formula is C11H24Si. The van der Waals surface area contributed by atoms with Gasteiger partial charge in [0, 0.05) is 0 Å². The van der Waals surface area contributed by atoms with Gasteiger partial charge >= 0.3 is 0 Å². The van der Waals surface area contributed by atoms with E-state index in [-0.39, 0.29) is 0 Å². The highest BCUT2D eigenvalue weighted by atomic mass is 28.3. The topological polar surface area (TPSA) is 0 Å². The van der Waals surface area contributed by atoms with Crippen molar-refractivity contribution in [2.45, 2.75) is 58.7 Å². The summed E-state index contributed by atoms with van der Waals surface area (Å²) >= 11 is 0. The van der Waals surface area contributed by atoms with Crippen LogP contribution in [0.4, 0.5) is 0 Å². The standard InChI is InChI=1S/C11H24Si/c1-6-9-12(8-3,10-7-2)11(4)5/h4,6-10H2,1-3,5H3. The normalized spacial score (nSPS) is 11.7. The summed E-state index contributed by atoms with van der Waals surface area (Å²) in [6.07, 6.45) is 2.68. The third-order valence-electron chi connectivity index (χ3n) is 3.04. The van der Waals surface area contributed by atoms with E-state index < -0.39 is 8.07 Å². The summed E-state index contributed by atoms with van der Waals surface area (Å²) in [6.45, 7) is 13.4. The van der Waals surface area contributed by atoms with E-state index in [0.29, 0.717) is 0 Å². The van der Waals surface area contributed by atoms with E-state index in [2.05, 4.69) is 34.3 Å². The highest BCUT2D eigenvalue weighted by Gasteiger charge is 2.29. The molecule has 0 bridgehead atoms. The van der Waals surface area contributed by atoms with Crippen LogP contribution in [0, 0.1) is 0 Å². The van der Waals surface area contributed by atoms with Gasteiger partial charge in [-0.25, -0.2) is 0 Å². The Morgan fingerprint density at radius 3 is 1.67 bits per heavy atom. The molecule has 0 unspecified atom stereocenters. The van der Waals surface area contributed by atoms with Crippen molar-refractivity contribution in [3.05, 3.63) is 11.8 Å². The summed E-state index contributed by atoms with van der Waals surface area (Å²) in [5.74, 6) is 0. The lowest BCUT2D eigenvalue weighted by Crippen LogP contribution is -2.34. The average molecular weight is 184 g/mol. The van der Waals surface area contributed by atoms with Crippen molar-refractivity contribution < 1.29 is 0 Å². The van der Waals surface area contributed by atoms with E-state index in [9.17, 15) is 0 Å². The fraction of sp³-hybridized carbons (Fsp3) is 0.818. The molecule has 0 aromatic carbocycles. The number of allylic oxidation sites excluding steroid dienone is 1. The van der Waals surface area contributed by atoms with Gasteiger partial charge in [0.2, 0.25) is 0 Å². The Morgan fingerprint density at radius 2 is 1.50 bits per heavy atom. The lowest BCUT2D eigenvalue weighted by atomic mass is 10.6. The lowest BCUT2D eigenvalue weighted by Gasteiger charge is -2.30. The Kier molecular flexibility index (Phi) is 5.56. The van der Waals surface area contributed by atoms with Gasteiger partial charge in [-0.1, -0.05) is 56.9 Å². The van der Waals surface area contributed by atoms with Crippen LogP contribution < -0.4 is 0 Å². The fourth-order valence-corrected chi connectivity index (χ4v) is 6.49. The van der Waals surface area contributed by atoms with Crippen molar-refractivity contribution in [1.29, 1.82) is 0 Å². The zero-order chi connectivity index (χ0) is 9.61. The van der Waals surface area contributed by atoms with Crippen LogP contribution in [-0.4, -0.2) is 8.07 Å². The molecular weight excluding hydrogens is 160 g/mol. The maximum atomic E-state index is 4.20. The Bertz CT molecular complexity index is 132. The second-order valence-electron chi connectivity index (χ2n) is 3.91. The molecule has 0 saturated carbocycles. The predicted molar refractivity (Wildman–Crippen MR) is 61.2 cm³/mol. The van der Waals surface area contributed by atoms with Crippen molar-refractivity contribution in [2.24, 2.45) is 0 Å². The van der Waals surface area contributed by atoms with Crippen molar-refractivity contribution in [2.75, 3.05) is 0 Å². The zero-order valence-corrected chi connectivity index (χ0v) is 10.2. The fourth-order valence-electron chi connectivity index (χ4n) is 2.16. The SMILES string of the molecule is C=C(C)[Si](CC)(CCC)CCC. The predicted octanol–water partition coefficient (Wildman–Crippen LogP) is 4.39. The van der Waals surface area contributed by atoms with Crippen LogP contribution in [0.3, 0.4) is 0 Å². The van der Waals surface area contributed by atoms with Gasteiger partial charge in [0.1, 0.15) is 0 Å². The zero-order valence-electron chi connectivity index (χ0n) is 9.24. The molecule has 0 rings (SSSR count). The molecule has 0 N–H and O–H groups in total. The molecule has 0 fully saturated rings. The molecule has 12 heavy (non-hydrogen) atoms. The van der Waals surface area contributed by atoms with Crippen molar-refractivity contribution in [3.8, 4) is 0 Å². The Morgan fingerprint density at radius 1 is 1.08 bits per heavy atom. The van der Waals surface area contributed by atoms with Crippen molar-refractivity contribution >= 4 is 8.07 Å². The van der Waals surface area contributed by atoms with Crippen LogP contribution >= 0.6 is 0 Å². The van der Waals surface area contributed by atoms with Gasteiger partial charge in [-0.3, -0.25) is 0 Å². The molecule has 0 radical (unpaired) electrons. The third kappa shape index (κ3) is 2.78. The summed E-state index contributed by atoms with van der Waals surface area (Å²) in [5, 5.41) is 1.52. The smallest absolute Gasteiger partial charge is 0.0801 e. The monoisotopic (exact) mass is 184 g/mol. The molecule has 0 spiro atoms. The molecule has 0 saturated heterocycles. The molecule has 0 nitrogen and oxygen atoms in total. The van der Waals surface area contributed by atoms with Gasteiger partial charge in [-0.15, -0.1) is 6.58 Å². The van der Waals surface area contributed by atoms with Gasteiger partial charge in [0.15, 0.2) is 0 Å². The van der Waals surface area contributed by atoms with E-state index in [1.165, 1.54) is 36.2 Å². The molecule has 1 heteroatoms. The molecule has 0 heterocycles. The second kappa shape index (κ2) is 5.58. The highest BCUT2D eigenvalue weighted by Crippen LogP contribution is 2.30. The largest absolute Gasteiger partial charge is 0.104 e. The molecule has 0 aromatic heterocycles. The Labute approximate surface area is 79.1 Å². The van der Waals surface area contributed by atoms with E-state index in [4.69, 9.17) is 0 Å². The van der Waals surface area contributed by atoms with E-state index in [0.717, 1.165) is 0 Å². The first kappa shape index (κ1) is 12.0. The second-order valence-corrected chi connectivity index (χ2v) is 9.04. The van der Waals surface area contributed by atoms with Crippen LogP contribution in [0.25, 0.3) is 0 Å². The molecule has 0 atom stereocenters. The van der Waals surface area contributed by atoms with Gasteiger partial charge in [0.25, 0.3) is 0 Å². The molecule has 0 aliphatic heterocycles. The summed E-state index contributed by atoms with van der Waals surface area (Å²) in [4.78, 5) is 0. The number of rotatable bonds is 6. The minimum atomic E-state index is -1.04. The van der Waals surface area contributed by atoms with Crippen LogP contribution in [0.1, 0.15) is 40.5 Å². The molecule has 0 aliphatic carbocycles. The quantitative estimate of drug-likeness (QED) is 0.537. The maximum absolute atomic E-state index is 4.20. The first-order chi connectivity index (χ1) is 5.63. The maximum Gasteiger partial charge on any atom is 0.0801 e. The highest BCUT2D eigenvalue weighted by molar-refractivity contribution is 6.86. The van der Waals surface area contributed by atoms with Gasteiger partial charge < -0.3 is 0 Å².